The molecule has 1 aromatic heterocycles. The number of nitrogens with zero attached hydrogens (tertiary/aromatic N) is 5. The van der Waals surface area contributed by atoms with Crippen LogP contribution in [0.2, 0.25) is 0 Å². The van der Waals surface area contributed by atoms with Gasteiger partial charge in [-0.05, 0) is 51.9 Å². The molecule has 4 heterocycles. The van der Waals surface area contributed by atoms with E-state index in [1.54, 1.807) is 4.68 Å². The van der Waals surface area contributed by atoms with Gasteiger partial charge < -0.3 is 14.5 Å². The van der Waals surface area contributed by atoms with E-state index >= 15 is 0 Å². The Bertz CT molecular complexity index is 984. The first-order valence-corrected chi connectivity index (χ1v) is 15.4. The second kappa shape index (κ2) is 11.6. The third kappa shape index (κ3) is 5.34. The minimum absolute atomic E-state index is 0.0575. The van der Waals surface area contributed by atoms with E-state index in [4.69, 9.17) is 4.74 Å². The zero-order valence-corrected chi connectivity index (χ0v) is 24.2. The second-order valence-corrected chi connectivity index (χ2v) is 12.5. The average Bonchev–Trinajstić information content (AvgIpc) is 3.33. The number of ether oxygens (including phenoxy) is 1. The number of hydrogen-bond donors (Lipinski definition) is 0. The molecule has 212 valence electrons. The van der Waals surface area contributed by atoms with Crippen molar-refractivity contribution in [1.82, 2.24) is 24.5 Å². The van der Waals surface area contributed by atoms with Crippen molar-refractivity contribution in [1.29, 1.82) is 0 Å². The Morgan fingerprint density at radius 3 is 2.32 bits per heavy atom. The van der Waals surface area contributed by atoms with Gasteiger partial charge in [0.2, 0.25) is 0 Å². The van der Waals surface area contributed by atoms with Crippen LogP contribution in [0.25, 0.3) is 0 Å². The topological polar surface area (TPSA) is 70.9 Å². The van der Waals surface area contributed by atoms with Crippen molar-refractivity contribution < 1.29 is 14.3 Å². The first kappa shape index (κ1) is 27.5. The van der Waals surface area contributed by atoms with Crippen molar-refractivity contribution in [2.24, 2.45) is 13.0 Å². The number of piperidine rings is 2. The fraction of sp³-hybridized carbons (Fsp3) is 0.833. The predicted octanol–water partition coefficient (Wildman–Crippen LogP) is 5.07. The Morgan fingerprint density at radius 1 is 1.03 bits per heavy atom. The molecular formula is C30H49N5O3. The molecule has 1 spiro atoms. The third-order valence-corrected chi connectivity index (χ3v) is 10.2. The summed E-state index contributed by atoms with van der Waals surface area (Å²) in [7, 11) is 1.90. The van der Waals surface area contributed by atoms with Crippen LogP contribution in [0.1, 0.15) is 106 Å². The Hall–Kier alpha value is -2.09. The molecule has 0 bridgehead atoms. The van der Waals surface area contributed by atoms with Gasteiger partial charge in [-0.2, -0.15) is 5.10 Å². The van der Waals surface area contributed by atoms with Crippen LogP contribution in [-0.2, 0) is 11.8 Å². The summed E-state index contributed by atoms with van der Waals surface area (Å²) in [4.78, 5) is 33.2. The highest BCUT2D eigenvalue weighted by molar-refractivity contribution is 5.96. The third-order valence-electron chi connectivity index (χ3n) is 10.2. The minimum atomic E-state index is -0.316. The van der Waals surface area contributed by atoms with Crippen LogP contribution in [0.3, 0.4) is 0 Å². The molecule has 3 aliphatic heterocycles. The maximum absolute atomic E-state index is 13.2. The molecule has 0 N–H and O–H groups in total. The van der Waals surface area contributed by atoms with Crippen LogP contribution in [0.5, 0.6) is 0 Å². The molecule has 0 aromatic carbocycles. The zero-order chi connectivity index (χ0) is 26.9. The van der Waals surface area contributed by atoms with E-state index in [-0.39, 0.29) is 23.6 Å². The van der Waals surface area contributed by atoms with E-state index < -0.39 is 0 Å². The summed E-state index contributed by atoms with van der Waals surface area (Å²) in [5.74, 6) is 0.765. The number of carbonyl (C=O) groups is 2. The first-order chi connectivity index (χ1) is 18.3. The Balaban J connectivity index is 1.18. The minimum Gasteiger partial charge on any atom is -0.440 e. The molecule has 1 unspecified atom stereocenters. The maximum Gasteiger partial charge on any atom is 0.410 e. The summed E-state index contributed by atoms with van der Waals surface area (Å²) in [6, 6.07) is 0.724. The second-order valence-electron chi connectivity index (χ2n) is 12.5. The number of amides is 2. The van der Waals surface area contributed by atoms with E-state index in [0.717, 1.165) is 94.6 Å². The van der Waals surface area contributed by atoms with Crippen molar-refractivity contribution in [3.05, 3.63) is 17.0 Å². The van der Waals surface area contributed by atoms with Crippen LogP contribution in [0, 0.1) is 19.8 Å². The van der Waals surface area contributed by atoms with E-state index in [1.807, 2.05) is 25.8 Å². The van der Waals surface area contributed by atoms with E-state index in [2.05, 4.69) is 21.8 Å². The molecule has 3 saturated heterocycles. The lowest BCUT2D eigenvalue weighted by molar-refractivity contribution is -0.0385. The molecule has 5 rings (SSSR count). The quantitative estimate of drug-likeness (QED) is 0.495. The largest absolute Gasteiger partial charge is 0.440 e. The smallest absolute Gasteiger partial charge is 0.410 e. The lowest BCUT2D eigenvalue weighted by Crippen LogP contribution is -2.56. The fourth-order valence-corrected chi connectivity index (χ4v) is 7.76. The summed E-state index contributed by atoms with van der Waals surface area (Å²) in [5, 5.41) is 4.44. The highest BCUT2D eigenvalue weighted by Gasteiger charge is 2.55. The molecule has 4 fully saturated rings. The predicted molar refractivity (Wildman–Crippen MR) is 148 cm³/mol. The van der Waals surface area contributed by atoms with E-state index in [1.165, 1.54) is 32.1 Å². The number of aromatic nitrogens is 2. The highest BCUT2D eigenvalue weighted by atomic mass is 16.6. The Morgan fingerprint density at radius 2 is 1.71 bits per heavy atom. The number of likely N-dealkylation sites (tertiary alicyclic amines) is 2. The summed E-state index contributed by atoms with van der Waals surface area (Å²) >= 11 is 0. The molecule has 1 saturated carbocycles. The van der Waals surface area contributed by atoms with Gasteiger partial charge in [-0.1, -0.05) is 39.0 Å². The van der Waals surface area contributed by atoms with E-state index in [9.17, 15) is 9.59 Å². The molecule has 4 aliphatic rings. The fourth-order valence-electron chi connectivity index (χ4n) is 7.76. The molecule has 1 aliphatic carbocycles. The summed E-state index contributed by atoms with van der Waals surface area (Å²) < 4.78 is 8.12. The van der Waals surface area contributed by atoms with Crippen molar-refractivity contribution in [2.75, 3.05) is 32.7 Å². The van der Waals surface area contributed by atoms with Crippen LogP contribution < -0.4 is 0 Å². The van der Waals surface area contributed by atoms with Gasteiger partial charge in [-0.15, -0.1) is 0 Å². The van der Waals surface area contributed by atoms with Crippen molar-refractivity contribution in [3.63, 3.8) is 0 Å². The number of unbranched alkanes of at least 4 members (excludes halogenated alkanes) is 1. The molecule has 1 atom stereocenters. The molecule has 8 nitrogen and oxygen atoms in total. The zero-order valence-electron chi connectivity index (χ0n) is 24.2. The Kier molecular flexibility index (Phi) is 8.36. The van der Waals surface area contributed by atoms with Crippen LogP contribution in [0.4, 0.5) is 4.79 Å². The lowest BCUT2D eigenvalue weighted by atomic mass is 9.80. The SMILES string of the molecule is CCCCC1N(CC2CCCCC2)C(=O)OC12CCN(C1CCN(C(=O)c3c(C)nn(C)c3C)CC1)CC2. The number of rotatable bonds is 7. The first-order valence-electron chi connectivity index (χ1n) is 15.4. The van der Waals surface area contributed by atoms with Crippen LogP contribution >= 0.6 is 0 Å². The monoisotopic (exact) mass is 527 g/mol. The Labute approximate surface area is 229 Å². The molecule has 0 radical (unpaired) electrons. The van der Waals surface area contributed by atoms with Gasteiger partial charge >= 0.3 is 6.09 Å². The van der Waals surface area contributed by atoms with Crippen LogP contribution in [0.15, 0.2) is 0 Å². The molecular weight excluding hydrogens is 478 g/mol. The maximum atomic E-state index is 13.2. The average molecular weight is 528 g/mol. The molecule has 38 heavy (non-hydrogen) atoms. The number of carbonyl (C=O) groups excluding carboxylic acids is 2. The number of hydrogen-bond acceptors (Lipinski definition) is 5. The summed E-state index contributed by atoms with van der Waals surface area (Å²) in [5.41, 5.74) is 2.21. The van der Waals surface area contributed by atoms with Crippen LogP contribution in [-0.4, -0.2) is 86.9 Å². The van der Waals surface area contributed by atoms with Crippen molar-refractivity contribution in [3.8, 4) is 0 Å². The lowest BCUT2D eigenvalue weighted by Gasteiger charge is -2.46. The van der Waals surface area contributed by atoms with Gasteiger partial charge in [0.05, 0.1) is 17.3 Å². The van der Waals surface area contributed by atoms with Gasteiger partial charge in [0, 0.05) is 64.3 Å². The standard InChI is InChI=1S/C30H49N5O3/c1-5-6-12-26-30(38-29(37)35(26)21-24-10-8-7-9-11-24)15-19-33(20-16-30)25-13-17-34(18-14-25)28(36)27-22(2)31-32(4)23(27)3/h24-26H,5-21H2,1-4H3. The molecule has 1 aromatic rings. The van der Waals surface area contributed by atoms with Gasteiger partial charge in [0.15, 0.2) is 0 Å². The summed E-state index contributed by atoms with van der Waals surface area (Å²) in [6.07, 6.45) is 13.6. The van der Waals surface area contributed by atoms with Gasteiger partial charge in [0.1, 0.15) is 5.60 Å². The van der Waals surface area contributed by atoms with Gasteiger partial charge in [-0.3, -0.25) is 14.4 Å². The van der Waals surface area contributed by atoms with E-state index in [0.29, 0.717) is 12.0 Å². The van der Waals surface area contributed by atoms with Crippen molar-refractivity contribution in [2.45, 2.75) is 116 Å². The molecule has 8 heteroatoms. The summed E-state index contributed by atoms with van der Waals surface area (Å²) in [6.45, 7) is 10.6. The normalized spacial score (nSPS) is 25.4. The van der Waals surface area contributed by atoms with Gasteiger partial charge in [0.25, 0.3) is 5.91 Å². The number of aryl methyl sites for hydroxylation is 2. The highest BCUT2D eigenvalue weighted by Crippen LogP contribution is 2.43. The molecule has 2 amide bonds. The van der Waals surface area contributed by atoms with Crippen molar-refractivity contribution >= 4 is 12.0 Å². The van der Waals surface area contributed by atoms with Gasteiger partial charge in [-0.25, -0.2) is 4.79 Å².